The van der Waals surface area contributed by atoms with Gasteiger partial charge in [-0.05, 0) is 60.1 Å². The van der Waals surface area contributed by atoms with Crippen molar-refractivity contribution >= 4 is 23.2 Å². The zero-order chi connectivity index (χ0) is 39.4. The van der Waals surface area contributed by atoms with Gasteiger partial charge >= 0.3 is 18.4 Å². The van der Waals surface area contributed by atoms with Crippen LogP contribution in [0.15, 0.2) is 53.3 Å². The lowest BCUT2D eigenvalue weighted by molar-refractivity contribution is -0.275. The lowest BCUT2D eigenvalue weighted by atomic mass is 9.76. The van der Waals surface area contributed by atoms with E-state index < -0.39 is 87.1 Å². The first kappa shape index (κ1) is 39.2. The van der Waals surface area contributed by atoms with E-state index in [1.54, 1.807) is 30.3 Å². The van der Waals surface area contributed by atoms with E-state index >= 15 is 4.39 Å². The van der Waals surface area contributed by atoms with E-state index in [4.69, 9.17) is 23.7 Å². The minimum Gasteiger partial charge on any atom is -0.493 e. The molecule has 1 fully saturated rings. The number of carbonyl (C=O) groups excluding carboxylic acids is 2. The second-order valence-corrected chi connectivity index (χ2v) is 14.8. The molecule has 0 N–H and O–H groups in total. The first-order valence-electron chi connectivity index (χ1n) is 16.6. The fourth-order valence-electron chi connectivity index (χ4n) is 6.18. The van der Waals surface area contributed by atoms with Gasteiger partial charge in [-0.2, -0.15) is 22.2 Å². The van der Waals surface area contributed by atoms with Crippen LogP contribution in [-0.2, 0) is 20.8 Å². The largest absolute Gasteiger partial charge is 0.493 e. The second kappa shape index (κ2) is 13.8. The summed E-state index contributed by atoms with van der Waals surface area (Å²) < 4.78 is 103. The summed E-state index contributed by atoms with van der Waals surface area (Å²) in [7, 11) is 1.04. The molecule has 1 saturated heterocycles. The Hall–Kier alpha value is -4.99. The molecule has 16 heteroatoms. The van der Waals surface area contributed by atoms with Crippen LogP contribution in [0, 0.1) is 17.6 Å². The number of ether oxygens (including phenoxy) is 5. The number of hydrogen-bond acceptors (Lipinski definition) is 9. The summed E-state index contributed by atoms with van der Waals surface area (Å²) >= 11 is 0. The molecule has 2 aromatic carbocycles. The summed E-state index contributed by atoms with van der Waals surface area (Å²) in [6, 6.07) is 11.7. The fraction of sp³-hybridized carbons (Fsp3) is 0.459. The highest BCUT2D eigenvalue weighted by molar-refractivity contribution is 5.92. The van der Waals surface area contributed by atoms with Crippen molar-refractivity contribution in [1.29, 1.82) is 0 Å². The summed E-state index contributed by atoms with van der Waals surface area (Å²) in [6.07, 6.45) is -9.23. The zero-order valence-corrected chi connectivity index (χ0v) is 30.6. The number of nitrogens with zero attached hydrogens (tertiary/aromatic N) is 3. The van der Waals surface area contributed by atoms with Crippen molar-refractivity contribution in [3.63, 3.8) is 0 Å². The maximum Gasteiger partial charge on any atom is 0.437 e. The zero-order valence-electron chi connectivity index (χ0n) is 30.6. The van der Waals surface area contributed by atoms with Crippen LogP contribution in [0.3, 0.4) is 0 Å². The van der Waals surface area contributed by atoms with E-state index in [-0.39, 0.29) is 23.6 Å². The van der Waals surface area contributed by atoms with Crippen LogP contribution >= 0.6 is 0 Å². The van der Waals surface area contributed by atoms with Gasteiger partial charge < -0.3 is 23.7 Å². The number of carbonyl (C=O) groups is 2. The minimum absolute atomic E-state index is 0.165. The van der Waals surface area contributed by atoms with Crippen molar-refractivity contribution < 1.29 is 55.2 Å². The minimum atomic E-state index is -4.99. The number of alkyl halides is 3. The number of methoxy groups -OCH3 is 1. The molecule has 0 bridgehead atoms. The molecule has 2 aromatic heterocycles. The van der Waals surface area contributed by atoms with Crippen molar-refractivity contribution in [3.05, 3.63) is 87.3 Å². The predicted molar refractivity (Wildman–Crippen MR) is 181 cm³/mol. The fourth-order valence-corrected chi connectivity index (χ4v) is 6.18. The van der Waals surface area contributed by atoms with E-state index in [2.05, 4.69) is 4.98 Å². The van der Waals surface area contributed by atoms with Crippen LogP contribution in [-0.4, -0.2) is 56.6 Å². The third-order valence-electron chi connectivity index (χ3n) is 8.76. The second-order valence-electron chi connectivity index (χ2n) is 14.8. The molecular weight excluding hydrogens is 709 g/mol. The highest BCUT2D eigenvalue weighted by Crippen LogP contribution is 2.59. The highest BCUT2D eigenvalue weighted by atomic mass is 19.4. The molecule has 11 nitrogen and oxygen atoms in total. The Bertz CT molecular complexity index is 2100. The summed E-state index contributed by atoms with van der Waals surface area (Å²) in [4.78, 5) is 46.1. The molecule has 1 aliphatic rings. The van der Waals surface area contributed by atoms with Crippen LogP contribution in [0.2, 0.25) is 0 Å². The van der Waals surface area contributed by atoms with Gasteiger partial charge in [0.05, 0.1) is 12.8 Å². The Morgan fingerprint density at radius 2 is 1.51 bits per heavy atom. The topological polar surface area (TPSA) is 120 Å². The third-order valence-corrected chi connectivity index (χ3v) is 8.76. The molecule has 4 aromatic rings. The van der Waals surface area contributed by atoms with Crippen LogP contribution in [0.4, 0.5) is 31.5 Å². The molecule has 286 valence electrons. The van der Waals surface area contributed by atoms with Crippen LogP contribution in [0.1, 0.15) is 84.2 Å². The normalized spacial score (nSPS) is 20.8. The molecule has 5 rings (SSSR count). The molecule has 0 saturated carbocycles. The van der Waals surface area contributed by atoms with E-state index in [0.717, 1.165) is 32.2 Å². The molecule has 53 heavy (non-hydrogen) atoms. The van der Waals surface area contributed by atoms with Gasteiger partial charge in [0.1, 0.15) is 35.0 Å². The number of aromatic nitrogens is 3. The van der Waals surface area contributed by atoms with E-state index in [1.807, 2.05) is 0 Å². The van der Waals surface area contributed by atoms with Gasteiger partial charge in [-0.3, -0.25) is 4.79 Å². The molecule has 4 atom stereocenters. The number of benzene rings is 2. The Morgan fingerprint density at radius 1 is 0.925 bits per heavy atom. The molecule has 3 heterocycles. The van der Waals surface area contributed by atoms with Crippen molar-refractivity contribution in [3.8, 4) is 11.5 Å². The van der Waals surface area contributed by atoms with Crippen LogP contribution < -0.4 is 15.0 Å². The maximum atomic E-state index is 15.1. The molecule has 0 unspecified atom stereocenters. The van der Waals surface area contributed by atoms with Crippen molar-refractivity contribution in [2.24, 2.45) is 5.92 Å². The first-order chi connectivity index (χ1) is 24.5. The molecule has 1 aliphatic heterocycles. The SMILES string of the molecule is COc1c([C@H]2[C@H](c3cc(OCc4ccccc4)c4c(=O)n(C(=O)OC(C)(C)C)n(C(=O)OC(C)(C)C)c4n3)O[C@@](C)(C(F)(F)F)[C@H]2C)ccc(F)c1F. The Kier molecular flexibility index (Phi) is 10.2. The Balaban J connectivity index is 1.86. The first-order valence-corrected chi connectivity index (χ1v) is 16.6. The van der Waals surface area contributed by atoms with E-state index in [9.17, 15) is 31.9 Å². The average molecular weight is 750 g/mol. The van der Waals surface area contributed by atoms with Crippen molar-refractivity contribution in [1.82, 2.24) is 14.3 Å². The summed E-state index contributed by atoms with van der Waals surface area (Å²) in [5.41, 5.74) is -6.70. The Morgan fingerprint density at radius 3 is 2.06 bits per heavy atom. The molecule has 0 radical (unpaired) electrons. The van der Waals surface area contributed by atoms with Gasteiger partial charge in [-0.15, -0.1) is 4.68 Å². The summed E-state index contributed by atoms with van der Waals surface area (Å²) in [5, 5.41) is -0.409. The standard InChI is InChI=1S/C37H40F5N3O8/c1-19-25(21-15-16-22(38)27(39)28(21)49-9)29(51-36(19,8)37(40,41)42)23-17-24(50-18-20-13-11-10-12-14-20)26-30(43-23)44(32(47)52-34(2,3)4)45(31(26)46)33(48)53-35(5,6)7/h10-17,19,25,29H,18H2,1-9H3/t19-,25-,29-,36+/m0/s1. The maximum absolute atomic E-state index is 15.1. The number of rotatable bonds is 6. The summed E-state index contributed by atoms with van der Waals surface area (Å²) in [5.74, 6) is -6.55. The van der Waals surface area contributed by atoms with Gasteiger partial charge in [0.15, 0.2) is 22.8 Å². The van der Waals surface area contributed by atoms with E-state index in [0.29, 0.717) is 14.9 Å². The van der Waals surface area contributed by atoms with Crippen LogP contribution in [0.5, 0.6) is 11.5 Å². The number of hydrogen-bond donors (Lipinski definition) is 0. The van der Waals surface area contributed by atoms with Crippen molar-refractivity contribution in [2.45, 2.75) is 97.0 Å². The summed E-state index contributed by atoms with van der Waals surface area (Å²) in [6.45, 7) is 11.1. The predicted octanol–water partition coefficient (Wildman–Crippen LogP) is 8.44. The van der Waals surface area contributed by atoms with Gasteiger partial charge in [0, 0.05) is 23.5 Å². The van der Waals surface area contributed by atoms with Gasteiger partial charge in [-0.1, -0.05) is 43.3 Å². The molecular formula is C37H40F5N3O8. The van der Waals surface area contributed by atoms with Crippen molar-refractivity contribution in [2.75, 3.05) is 7.11 Å². The lowest BCUT2D eigenvalue weighted by Gasteiger charge is -2.32. The lowest BCUT2D eigenvalue weighted by Crippen LogP contribution is -2.46. The average Bonchev–Trinajstić information content (AvgIpc) is 3.50. The molecule has 0 spiro atoms. The quantitative estimate of drug-likeness (QED) is 0.179. The van der Waals surface area contributed by atoms with Gasteiger partial charge in [0.25, 0.3) is 5.56 Å². The number of halogens is 5. The monoisotopic (exact) mass is 749 g/mol. The molecule has 0 amide bonds. The smallest absolute Gasteiger partial charge is 0.437 e. The molecule has 0 aliphatic carbocycles. The van der Waals surface area contributed by atoms with Crippen LogP contribution in [0.25, 0.3) is 11.0 Å². The Labute approximate surface area is 301 Å². The van der Waals surface area contributed by atoms with E-state index in [1.165, 1.54) is 48.5 Å². The number of pyridine rings is 1. The van der Waals surface area contributed by atoms with Gasteiger partial charge in [-0.25, -0.2) is 19.0 Å². The van der Waals surface area contributed by atoms with Gasteiger partial charge in [0.2, 0.25) is 5.82 Å². The number of fused-ring (bicyclic) bond motifs is 1. The highest BCUT2D eigenvalue weighted by Gasteiger charge is 2.65. The third kappa shape index (κ3) is 7.46.